The lowest BCUT2D eigenvalue weighted by molar-refractivity contribution is 0.403. The van der Waals surface area contributed by atoms with Gasteiger partial charge in [-0.2, -0.15) is 0 Å². The number of nitrogens with one attached hydrogen (secondary N) is 1. The summed E-state index contributed by atoms with van der Waals surface area (Å²) in [5.74, 6) is 0.757. The Morgan fingerprint density at radius 2 is 2.06 bits per heavy atom. The number of rotatable bonds is 4. The van der Waals surface area contributed by atoms with E-state index in [9.17, 15) is 10.2 Å². The molecular weight excluding hydrogens is 218 g/mol. The van der Waals surface area contributed by atoms with E-state index in [0.29, 0.717) is 13.1 Å². The number of hydrogen-bond acceptors (Lipinski definition) is 4. The first kappa shape index (κ1) is 11.5. The molecule has 0 radical (unpaired) electrons. The lowest BCUT2D eigenvalue weighted by Crippen LogP contribution is -2.15. The van der Waals surface area contributed by atoms with E-state index in [0.717, 1.165) is 11.4 Å². The van der Waals surface area contributed by atoms with Crippen LogP contribution in [0.15, 0.2) is 30.6 Å². The van der Waals surface area contributed by atoms with E-state index in [1.807, 2.05) is 17.8 Å². The zero-order valence-corrected chi connectivity index (χ0v) is 9.59. The largest absolute Gasteiger partial charge is 0.504 e. The number of phenols is 2. The normalized spacial score (nSPS) is 10.6. The molecule has 3 N–H and O–H groups in total. The summed E-state index contributed by atoms with van der Waals surface area (Å²) in [4.78, 5) is 4.19. The highest BCUT2D eigenvalue weighted by Gasteiger charge is 2.01. The zero-order valence-electron chi connectivity index (χ0n) is 9.59. The fourth-order valence-electron chi connectivity index (χ4n) is 1.56. The third-order valence-electron chi connectivity index (χ3n) is 2.57. The molecule has 5 nitrogen and oxygen atoms in total. The van der Waals surface area contributed by atoms with Crippen molar-refractivity contribution in [1.82, 2.24) is 14.9 Å². The first-order valence-electron chi connectivity index (χ1n) is 5.34. The highest BCUT2D eigenvalue weighted by Crippen LogP contribution is 2.24. The van der Waals surface area contributed by atoms with E-state index in [4.69, 9.17) is 0 Å². The van der Waals surface area contributed by atoms with Crippen molar-refractivity contribution in [2.45, 2.75) is 13.1 Å². The summed E-state index contributed by atoms with van der Waals surface area (Å²) in [5.41, 5.74) is 0.912. The summed E-state index contributed by atoms with van der Waals surface area (Å²) < 4.78 is 1.95. The molecule has 0 unspecified atom stereocenters. The molecule has 0 amide bonds. The molecule has 17 heavy (non-hydrogen) atoms. The van der Waals surface area contributed by atoms with Crippen molar-refractivity contribution in [3.63, 3.8) is 0 Å². The average Bonchev–Trinajstić information content (AvgIpc) is 2.70. The van der Waals surface area contributed by atoms with Crippen molar-refractivity contribution < 1.29 is 10.2 Å². The summed E-state index contributed by atoms with van der Waals surface area (Å²) in [6, 6.07) is 4.79. The third kappa shape index (κ3) is 2.76. The van der Waals surface area contributed by atoms with Gasteiger partial charge in [-0.25, -0.2) is 4.98 Å². The molecule has 0 aliphatic rings. The van der Waals surface area contributed by atoms with Gasteiger partial charge in [0.2, 0.25) is 0 Å². The second-order valence-electron chi connectivity index (χ2n) is 3.88. The minimum atomic E-state index is -0.0992. The van der Waals surface area contributed by atoms with Crippen molar-refractivity contribution in [3.05, 3.63) is 42.0 Å². The lowest BCUT2D eigenvalue weighted by atomic mass is 10.2. The zero-order chi connectivity index (χ0) is 12.3. The Morgan fingerprint density at radius 3 is 2.71 bits per heavy atom. The van der Waals surface area contributed by atoms with Gasteiger partial charge in [0.15, 0.2) is 11.5 Å². The molecular formula is C12H15N3O2. The van der Waals surface area contributed by atoms with Crippen molar-refractivity contribution in [2.24, 2.45) is 7.05 Å². The van der Waals surface area contributed by atoms with Gasteiger partial charge in [0.25, 0.3) is 0 Å². The van der Waals surface area contributed by atoms with Gasteiger partial charge in [-0.15, -0.1) is 0 Å². The predicted octanol–water partition coefficient (Wildman–Crippen LogP) is 1.12. The maximum atomic E-state index is 9.33. The number of aryl methyl sites for hydroxylation is 1. The van der Waals surface area contributed by atoms with Crippen LogP contribution in [0.5, 0.6) is 11.5 Å². The van der Waals surface area contributed by atoms with Gasteiger partial charge < -0.3 is 20.1 Å². The van der Waals surface area contributed by atoms with E-state index >= 15 is 0 Å². The number of nitrogens with zero attached hydrogens (tertiary/aromatic N) is 2. The van der Waals surface area contributed by atoms with Crippen LogP contribution in [0.3, 0.4) is 0 Å². The molecule has 0 saturated carbocycles. The molecule has 0 aliphatic carbocycles. The first-order valence-corrected chi connectivity index (χ1v) is 5.34. The molecule has 0 atom stereocenters. The maximum Gasteiger partial charge on any atom is 0.157 e. The van der Waals surface area contributed by atoms with Gasteiger partial charge in [0, 0.05) is 26.0 Å². The van der Waals surface area contributed by atoms with E-state index in [1.54, 1.807) is 18.3 Å². The Kier molecular flexibility index (Phi) is 3.30. The second-order valence-corrected chi connectivity index (χ2v) is 3.88. The molecule has 1 aromatic heterocycles. The summed E-state index contributed by atoms with van der Waals surface area (Å²) in [6.45, 7) is 1.27. The number of aromatic nitrogens is 2. The van der Waals surface area contributed by atoms with Gasteiger partial charge in [-0.1, -0.05) is 6.07 Å². The molecule has 0 aliphatic heterocycles. The molecule has 0 fully saturated rings. The highest BCUT2D eigenvalue weighted by molar-refractivity contribution is 5.40. The number of phenolic OH excluding ortho intramolecular Hbond substituents is 2. The summed E-state index contributed by atoms with van der Waals surface area (Å²) in [7, 11) is 1.94. The summed E-state index contributed by atoms with van der Waals surface area (Å²) in [5, 5.41) is 21.7. The van der Waals surface area contributed by atoms with Crippen LogP contribution in [0.25, 0.3) is 0 Å². The van der Waals surface area contributed by atoms with Gasteiger partial charge in [-0.05, 0) is 17.7 Å². The van der Waals surface area contributed by atoms with Crippen LogP contribution in [-0.4, -0.2) is 19.8 Å². The molecule has 2 aromatic rings. The van der Waals surface area contributed by atoms with Crippen LogP contribution in [0.2, 0.25) is 0 Å². The van der Waals surface area contributed by atoms with Crippen molar-refractivity contribution in [2.75, 3.05) is 0 Å². The molecule has 1 heterocycles. The maximum absolute atomic E-state index is 9.33. The van der Waals surface area contributed by atoms with Gasteiger partial charge in [0.05, 0.1) is 6.54 Å². The number of benzene rings is 1. The monoisotopic (exact) mass is 233 g/mol. The van der Waals surface area contributed by atoms with Gasteiger partial charge in [0.1, 0.15) is 5.82 Å². The van der Waals surface area contributed by atoms with E-state index < -0.39 is 0 Å². The predicted molar refractivity (Wildman–Crippen MR) is 63.5 cm³/mol. The van der Waals surface area contributed by atoms with Gasteiger partial charge >= 0.3 is 0 Å². The summed E-state index contributed by atoms with van der Waals surface area (Å²) in [6.07, 6.45) is 3.65. The molecule has 0 saturated heterocycles. The van der Waals surface area contributed by atoms with Crippen LogP contribution >= 0.6 is 0 Å². The second kappa shape index (κ2) is 4.88. The van der Waals surface area contributed by atoms with Crippen molar-refractivity contribution in [3.8, 4) is 11.5 Å². The molecule has 0 spiro atoms. The van der Waals surface area contributed by atoms with E-state index in [-0.39, 0.29) is 11.5 Å². The quantitative estimate of drug-likeness (QED) is 0.692. The van der Waals surface area contributed by atoms with Crippen LogP contribution < -0.4 is 5.32 Å². The standard InChI is InChI=1S/C12H15N3O2/c1-15-5-4-14-12(15)8-13-7-9-2-3-10(16)11(17)6-9/h2-6,13,16-17H,7-8H2,1H3. The fraction of sp³-hybridized carbons (Fsp3) is 0.250. The first-order chi connectivity index (χ1) is 8.16. The van der Waals surface area contributed by atoms with E-state index in [1.165, 1.54) is 6.07 Å². The molecule has 90 valence electrons. The van der Waals surface area contributed by atoms with Crippen molar-refractivity contribution in [1.29, 1.82) is 0 Å². The molecule has 0 bridgehead atoms. The minimum absolute atomic E-state index is 0.0960. The van der Waals surface area contributed by atoms with E-state index in [2.05, 4.69) is 10.3 Å². The fourth-order valence-corrected chi connectivity index (χ4v) is 1.56. The van der Waals surface area contributed by atoms with Crippen LogP contribution in [-0.2, 0) is 20.1 Å². The smallest absolute Gasteiger partial charge is 0.157 e. The Bertz CT molecular complexity index is 508. The molecule has 5 heteroatoms. The van der Waals surface area contributed by atoms with Crippen LogP contribution in [0.1, 0.15) is 11.4 Å². The number of hydrogen-bond donors (Lipinski definition) is 3. The molecule has 1 aromatic carbocycles. The minimum Gasteiger partial charge on any atom is -0.504 e. The van der Waals surface area contributed by atoms with Crippen LogP contribution in [0.4, 0.5) is 0 Å². The summed E-state index contributed by atoms with van der Waals surface area (Å²) >= 11 is 0. The van der Waals surface area contributed by atoms with Crippen molar-refractivity contribution >= 4 is 0 Å². The third-order valence-corrected chi connectivity index (χ3v) is 2.57. The topological polar surface area (TPSA) is 70.3 Å². The average molecular weight is 233 g/mol. The highest BCUT2D eigenvalue weighted by atomic mass is 16.3. The molecule has 2 rings (SSSR count). The van der Waals surface area contributed by atoms with Gasteiger partial charge in [-0.3, -0.25) is 0 Å². The Morgan fingerprint density at radius 1 is 1.24 bits per heavy atom. The van der Waals surface area contributed by atoms with Crippen LogP contribution in [0, 0.1) is 0 Å². The lowest BCUT2D eigenvalue weighted by Gasteiger charge is -2.06. The number of aromatic hydroxyl groups is 2. The number of imidazole rings is 1. The Hall–Kier alpha value is -2.01. The Labute approximate surface area is 99.4 Å². The SMILES string of the molecule is Cn1ccnc1CNCc1ccc(O)c(O)c1. The Balaban J connectivity index is 1.90.